The third-order valence-corrected chi connectivity index (χ3v) is 4.84. The number of nitrogens with zero attached hydrogens (tertiary/aromatic N) is 2. The van der Waals surface area contributed by atoms with Crippen LogP contribution in [0.15, 0.2) is 35.8 Å². The zero-order valence-electron chi connectivity index (χ0n) is 9.87. The van der Waals surface area contributed by atoms with Gasteiger partial charge >= 0.3 is 0 Å². The molecule has 1 amide bonds. The van der Waals surface area contributed by atoms with Crippen molar-refractivity contribution in [1.82, 2.24) is 4.98 Å². The lowest BCUT2D eigenvalue weighted by Gasteiger charge is -2.21. The van der Waals surface area contributed by atoms with Gasteiger partial charge in [-0.1, -0.05) is 29.8 Å². The first-order chi connectivity index (χ1) is 8.75. The van der Waals surface area contributed by atoms with E-state index in [2.05, 4.69) is 36.2 Å². The van der Waals surface area contributed by atoms with Crippen molar-refractivity contribution in [1.29, 1.82) is 0 Å². The molecule has 1 aliphatic heterocycles. The number of aryl methyl sites for hydroxylation is 1. The maximum atomic E-state index is 12.0. The highest BCUT2D eigenvalue weighted by Crippen LogP contribution is 2.42. The van der Waals surface area contributed by atoms with E-state index in [0.29, 0.717) is 5.75 Å². The van der Waals surface area contributed by atoms with Gasteiger partial charge < -0.3 is 0 Å². The summed E-state index contributed by atoms with van der Waals surface area (Å²) in [5, 5.41) is 2.75. The predicted molar refractivity (Wildman–Crippen MR) is 76.0 cm³/mol. The highest BCUT2D eigenvalue weighted by atomic mass is 32.2. The fourth-order valence-electron chi connectivity index (χ4n) is 1.94. The molecule has 5 heteroatoms. The summed E-state index contributed by atoms with van der Waals surface area (Å²) < 4.78 is 0. The Hall–Kier alpha value is -1.33. The molecule has 18 heavy (non-hydrogen) atoms. The van der Waals surface area contributed by atoms with Crippen molar-refractivity contribution in [2.45, 2.75) is 12.3 Å². The van der Waals surface area contributed by atoms with Gasteiger partial charge in [-0.2, -0.15) is 0 Å². The Bertz CT molecular complexity index is 551. The molecule has 3 nitrogen and oxygen atoms in total. The van der Waals surface area contributed by atoms with Gasteiger partial charge in [0.1, 0.15) is 5.37 Å². The summed E-state index contributed by atoms with van der Waals surface area (Å²) in [4.78, 5) is 18.1. The number of thiazole rings is 1. The number of anilines is 1. The largest absolute Gasteiger partial charge is 0.273 e. The number of hydrogen-bond acceptors (Lipinski definition) is 4. The van der Waals surface area contributed by atoms with Crippen LogP contribution in [0, 0.1) is 6.92 Å². The van der Waals surface area contributed by atoms with E-state index in [1.807, 2.05) is 5.38 Å². The molecule has 0 spiro atoms. The number of amides is 1. The molecule has 1 aromatic carbocycles. The number of carbonyl (C=O) groups is 1. The first-order valence-corrected chi connectivity index (χ1v) is 7.58. The Kier molecular flexibility index (Phi) is 3.09. The molecule has 0 N–H and O–H groups in total. The summed E-state index contributed by atoms with van der Waals surface area (Å²) in [6, 6.07) is 8.34. The van der Waals surface area contributed by atoms with Crippen molar-refractivity contribution in [3.8, 4) is 0 Å². The summed E-state index contributed by atoms with van der Waals surface area (Å²) in [7, 11) is 0. The van der Waals surface area contributed by atoms with Gasteiger partial charge in [-0.05, 0) is 12.5 Å². The van der Waals surface area contributed by atoms with Crippen molar-refractivity contribution < 1.29 is 4.79 Å². The third-order valence-electron chi connectivity index (χ3n) is 2.86. The van der Waals surface area contributed by atoms with Crippen LogP contribution in [0.5, 0.6) is 0 Å². The zero-order valence-corrected chi connectivity index (χ0v) is 11.5. The van der Waals surface area contributed by atoms with Crippen LogP contribution in [-0.2, 0) is 4.79 Å². The van der Waals surface area contributed by atoms with Crippen LogP contribution in [0.25, 0.3) is 0 Å². The molecule has 1 saturated heterocycles. The number of carbonyl (C=O) groups excluding carboxylic acids is 1. The molecule has 92 valence electrons. The molecule has 3 rings (SSSR count). The lowest BCUT2D eigenvalue weighted by molar-refractivity contribution is -0.115. The van der Waals surface area contributed by atoms with E-state index < -0.39 is 0 Å². The maximum absolute atomic E-state index is 12.0. The number of hydrogen-bond donors (Lipinski definition) is 0. The van der Waals surface area contributed by atoms with Gasteiger partial charge in [0.25, 0.3) is 0 Å². The number of rotatable bonds is 2. The number of thioether (sulfide) groups is 1. The molecule has 0 radical (unpaired) electrons. The first kappa shape index (κ1) is 11.7. The lowest BCUT2D eigenvalue weighted by atomic mass is 10.1. The van der Waals surface area contributed by atoms with Crippen LogP contribution in [0.1, 0.15) is 16.5 Å². The quantitative estimate of drug-likeness (QED) is 0.844. The van der Waals surface area contributed by atoms with Crippen LogP contribution in [-0.4, -0.2) is 16.6 Å². The fourth-order valence-corrected chi connectivity index (χ4v) is 3.85. The minimum absolute atomic E-state index is 0.0595. The van der Waals surface area contributed by atoms with E-state index in [9.17, 15) is 4.79 Å². The lowest BCUT2D eigenvalue weighted by Crippen LogP contribution is -2.27. The summed E-state index contributed by atoms with van der Waals surface area (Å²) in [6.45, 7) is 2.06. The van der Waals surface area contributed by atoms with Crippen molar-refractivity contribution in [3.63, 3.8) is 0 Å². The number of aromatic nitrogens is 1. The van der Waals surface area contributed by atoms with Gasteiger partial charge in [0.15, 0.2) is 5.13 Å². The Morgan fingerprint density at radius 2 is 2.11 bits per heavy atom. The van der Waals surface area contributed by atoms with E-state index in [1.54, 1.807) is 22.9 Å². The molecular weight excluding hydrogens is 264 g/mol. The van der Waals surface area contributed by atoms with Crippen LogP contribution < -0.4 is 4.90 Å². The second-order valence-corrected chi connectivity index (χ2v) is 6.09. The molecule has 1 aromatic heterocycles. The monoisotopic (exact) mass is 276 g/mol. The smallest absolute Gasteiger partial charge is 0.240 e. The normalized spacial score (nSPS) is 19.5. The van der Waals surface area contributed by atoms with E-state index in [-0.39, 0.29) is 11.3 Å². The summed E-state index contributed by atoms with van der Waals surface area (Å²) in [5.74, 6) is 0.665. The van der Waals surface area contributed by atoms with Gasteiger partial charge in [-0.3, -0.25) is 9.69 Å². The summed E-state index contributed by atoms with van der Waals surface area (Å²) in [6.07, 6.45) is 1.74. The van der Waals surface area contributed by atoms with E-state index in [1.165, 1.54) is 16.9 Å². The molecule has 2 heterocycles. The second-order valence-electron chi connectivity index (χ2n) is 4.15. The molecule has 2 aromatic rings. The third kappa shape index (κ3) is 2.04. The standard InChI is InChI=1S/C13H12N2OS2/c1-9-2-4-10(5-3-9)12-15(11(16)8-18-12)13-14-6-7-17-13/h2-7,12H,8H2,1H3. The van der Waals surface area contributed by atoms with Crippen LogP contribution in [0.3, 0.4) is 0 Å². The molecule has 1 unspecified atom stereocenters. The van der Waals surface area contributed by atoms with Gasteiger partial charge in [0.05, 0.1) is 5.75 Å². The van der Waals surface area contributed by atoms with Gasteiger partial charge in [-0.25, -0.2) is 4.98 Å². The maximum Gasteiger partial charge on any atom is 0.240 e. The minimum Gasteiger partial charge on any atom is -0.273 e. The summed E-state index contributed by atoms with van der Waals surface area (Å²) in [5.41, 5.74) is 2.39. The van der Waals surface area contributed by atoms with E-state index >= 15 is 0 Å². The van der Waals surface area contributed by atoms with Gasteiger partial charge in [-0.15, -0.1) is 23.1 Å². The molecule has 0 saturated carbocycles. The fraction of sp³-hybridized carbons (Fsp3) is 0.231. The van der Waals surface area contributed by atoms with E-state index in [0.717, 1.165) is 10.7 Å². The molecule has 0 bridgehead atoms. The molecular formula is C13H12N2OS2. The van der Waals surface area contributed by atoms with Crippen LogP contribution in [0.4, 0.5) is 5.13 Å². The van der Waals surface area contributed by atoms with Gasteiger partial charge in [0.2, 0.25) is 5.91 Å². The van der Waals surface area contributed by atoms with Crippen LogP contribution >= 0.6 is 23.1 Å². The number of benzene rings is 1. The van der Waals surface area contributed by atoms with Crippen LogP contribution in [0.2, 0.25) is 0 Å². The topological polar surface area (TPSA) is 33.2 Å². The second kappa shape index (κ2) is 4.74. The Labute approximate surface area is 114 Å². The summed E-state index contributed by atoms with van der Waals surface area (Å²) >= 11 is 3.16. The minimum atomic E-state index is 0.0595. The van der Waals surface area contributed by atoms with Crippen molar-refractivity contribution in [3.05, 3.63) is 47.0 Å². The van der Waals surface area contributed by atoms with Crippen molar-refractivity contribution in [2.75, 3.05) is 10.7 Å². The Morgan fingerprint density at radius 1 is 1.33 bits per heavy atom. The van der Waals surface area contributed by atoms with Crippen molar-refractivity contribution >= 4 is 34.1 Å². The van der Waals surface area contributed by atoms with E-state index in [4.69, 9.17) is 0 Å². The molecule has 1 fully saturated rings. The Morgan fingerprint density at radius 3 is 2.78 bits per heavy atom. The first-order valence-electron chi connectivity index (χ1n) is 5.65. The molecule has 1 aliphatic rings. The zero-order chi connectivity index (χ0) is 12.5. The average molecular weight is 276 g/mol. The highest BCUT2D eigenvalue weighted by molar-refractivity contribution is 8.00. The molecule has 0 aliphatic carbocycles. The SMILES string of the molecule is Cc1ccc(C2SCC(=O)N2c2nccs2)cc1. The predicted octanol–water partition coefficient (Wildman–Crippen LogP) is 3.23. The van der Waals surface area contributed by atoms with Gasteiger partial charge in [0, 0.05) is 11.6 Å². The molecule has 1 atom stereocenters. The highest BCUT2D eigenvalue weighted by Gasteiger charge is 2.35. The van der Waals surface area contributed by atoms with Crippen molar-refractivity contribution in [2.24, 2.45) is 0 Å². The Balaban J connectivity index is 1.96. The average Bonchev–Trinajstić information content (AvgIpc) is 2.99.